The zero-order valence-electron chi connectivity index (χ0n) is 30.1. The number of carboxylic acid groups (broad SMARTS) is 1. The number of nitrogens with zero attached hydrogens (tertiary/aromatic N) is 2. The molecule has 0 saturated carbocycles. The zero-order valence-corrected chi connectivity index (χ0v) is 30.1. The van der Waals surface area contributed by atoms with E-state index < -0.39 is 23.8 Å². The van der Waals surface area contributed by atoms with E-state index in [1.54, 1.807) is 31.5 Å². The first-order valence-electron chi connectivity index (χ1n) is 17.8. The first kappa shape index (κ1) is 38.0. The Morgan fingerprint density at radius 3 is 1.98 bits per heavy atom. The topological polar surface area (TPSA) is 118 Å². The van der Waals surface area contributed by atoms with Crippen molar-refractivity contribution in [1.29, 1.82) is 0 Å². The number of aliphatic carboxylic acids is 1. The van der Waals surface area contributed by atoms with Crippen molar-refractivity contribution in [1.82, 2.24) is 15.3 Å². The SMILES string of the molecule is CCCCCCCOc1ccc(-c2cnc(-c3ccc(C[C@H](CC(=O)c4ccc(C(C)(C)C)cc4)C(=O)NC(CC)C(=O)O)cc3)nc2)cc1. The number of nitrogens with one attached hydrogen (secondary N) is 1. The number of ketones is 1. The molecule has 8 nitrogen and oxygen atoms in total. The molecule has 1 aromatic heterocycles. The number of aromatic nitrogens is 2. The van der Waals surface area contributed by atoms with Crippen LogP contribution < -0.4 is 10.1 Å². The van der Waals surface area contributed by atoms with Crippen LogP contribution in [0.15, 0.2) is 85.2 Å². The summed E-state index contributed by atoms with van der Waals surface area (Å²) in [5, 5.41) is 12.2. The van der Waals surface area contributed by atoms with Gasteiger partial charge in [-0.3, -0.25) is 9.59 Å². The van der Waals surface area contributed by atoms with E-state index in [9.17, 15) is 19.5 Å². The third kappa shape index (κ3) is 11.1. The zero-order chi connectivity index (χ0) is 36.1. The van der Waals surface area contributed by atoms with E-state index in [0.717, 1.165) is 46.6 Å². The maximum atomic E-state index is 13.4. The van der Waals surface area contributed by atoms with Gasteiger partial charge in [-0.1, -0.05) is 121 Å². The number of unbranched alkanes of at least 4 members (excludes halogenated alkanes) is 4. The number of Topliss-reactive ketones (excluding diaryl/α,β-unsaturated/α-hetero) is 1. The molecule has 2 atom stereocenters. The first-order valence-corrected chi connectivity index (χ1v) is 17.8. The lowest BCUT2D eigenvalue weighted by molar-refractivity contribution is -0.142. The summed E-state index contributed by atoms with van der Waals surface area (Å²) < 4.78 is 5.89. The van der Waals surface area contributed by atoms with Crippen LogP contribution in [0.25, 0.3) is 22.5 Å². The molecule has 0 fully saturated rings. The van der Waals surface area contributed by atoms with Gasteiger partial charge in [-0.05, 0) is 53.5 Å². The van der Waals surface area contributed by atoms with Crippen molar-refractivity contribution >= 4 is 17.7 Å². The van der Waals surface area contributed by atoms with Crippen molar-refractivity contribution in [3.63, 3.8) is 0 Å². The number of carboxylic acids is 1. The van der Waals surface area contributed by atoms with Crippen molar-refractivity contribution in [2.45, 2.75) is 97.4 Å². The average molecular weight is 678 g/mol. The predicted molar refractivity (Wildman–Crippen MR) is 198 cm³/mol. The lowest BCUT2D eigenvalue weighted by atomic mass is 9.85. The fraction of sp³-hybridized carbons (Fsp3) is 0.405. The Morgan fingerprint density at radius 1 is 0.780 bits per heavy atom. The summed E-state index contributed by atoms with van der Waals surface area (Å²) in [5.41, 5.74) is 5.13. The molecule has 0 saturated heterocycles. The highest BCUT2D eigenvalue weighted by Gasteiger charge is 2.27. The monoisotopic (exact) mass is 677 g/mol. The minimum atomic E-state index is -1.10. The van der Waals surface area contributed by atoms with Crippen LogP contribution in [0.4, 0.5) is 0 Å². The smallest absolute Gasteiger partial charge is 0.326 e. The highest BCUT2D eigenvalue weighted by Crippen LogP contribution is 2.26. The number of rotatable bonds is 18. The van der Waals surface area contributed by atoms with Crippen molar-refractivity contribution in [3.8, 4) is 28.3 Å². The van der Waals surface area contributed by atoms with Crippen LogP contribution in [-0.2, 0) is 21.4 Å². The molecule has 0 aliphatic carbocycles. The second-order valence-corrected chi connectivity index (χ2v) is 13.9. The molecule has 3 aromatic carbocycles. The van der Waals surface area contributed by atoms with Gasteiger partial charge in [-0.2, -0.15) is 0 Å². The van der Waals surface area contributed by atoms with Gasteiger partial charge >= 0.3 is 5.97 Å². The Labute approximate surface area is 296 Å². The Kier molecular flexibility index (Phi) is 13.8. The summed E-state index contributed by atoms with van der Waals surface area (Å²) in [5.74, 6) is -1.05. The summed E-state index contributed by atoms with van der Waals surface area (Å²) in [4.78, 5) is 47.6. The van der Waals surface area contributed by atoms with Crippen LogP contribution >= 0.6 is 0 Å². The van der Waals surface area contributed by atoms with Gasteiger partial charge < -0.3 is 15.2 Å². The summed E-state index contributed by atoms with van der Waals surface area (Å²) in [6, 6.07) is 22.0. The second-order valence-electron chi connectivity index (χ2n) is 13.9. The molecular weight excluding hydrogens is 626 g/mol. The lowest BCUT2D eigenvalue weighted by Crippen LogP contribution is -2.44. The Balaban J connectivity index is 1.41. The van der Waals surface area contributed by atoms with E-state index in [1.807, 2.05) is 60.7 Å². The van der Waals surface area contributed by atoms with Crippen LogP contribution in [0.3, 0.4) is 0 Å². The van der Waals surface area contributed by atoms with Crippen molar-refractivity contribution < 1.29 is 24.2 Å². The molecule has 0 spiro atoms. The van der Waals surface area contributed by atoms with Crippen LogP contribution in [0.2, 0.25) is 0 Å². The van der Waals surface area contributed by atoms with E-state index >= 15 is 0 Å². The van der Waals surface area contributed by atoms with Gasteiger partial charge in [0.2, 0.25) is 5.91 Å². The van der Waals surface area contributed by atoms with E-state index in [1.165, 1.54) is 25.7 Å². The Hall–Kier alpha value is -4.85. The molecule has 4 rings (SSSR count). The van der Waals surface area contributed by atoms with Gasteiger partial charge in [-0.15, -0.1) is 0 Å². The fourth-order valence-corrected chi connectivity index (χ4v) is 5.72. The van der Waals surface area contributed by atoms with Crippen LogP contribution in [-0.4, -0.2) is 45.4 Å². The number of carbonyl (C=O) groups is 3. The Morgan fingerprint density at radius 2 is 1.40 bits per heavy atom. The molecule has 50 heavy (non-hydrogen) atoms. The first-order chi connectivity index (χ1) is 24.0. The highest BCUT2D eigenvalue weighted by molar-refractivity contribution is 5.99. The van der Waals surface area contributed by atoms with Crippen LogP contribution in [0, 0.1) is 5.92 Å². The molecule has 2 N–H and O–H groups in total. The van der Waals surface area contributed by atoms with E-state index in [0.29, 0.717) is 11.4 Å². The van der Waals surface area contributed by atoms with Gasteiger partial charge in [0.1, 0.15) is 11.8 Å². The number of hydrogen-bond acceptors (Lipinski definition) is 6. The van der Waals surface area contributed by atoms with Crippen molar-refractivity contribution in [3.05, 3.63) is 102 Å². The molecule has 8 heteroatoms. The summed E-state index contributed by atoms with van der Waals surface area (Å²) in [6.45, 7) is 11.0. The average Bonchev–Trinajstić information content (AvgIpc) is 3.12. The molecule has 0 bridgehead atoms. The number of benzene rings is 3. The highest BCUT2D eigenvalue weighted by atomic mass is 16.5. The Bertz CT molecular complexity index is 1680. The van der Waals surface area contributed by atoms with E-state index in [4.69, 9.17) is 4.74 Å². The molecule has 0 aliphatic rings. The summed E-state index contributed by atoms with van der Waals surface area (Å²) in [7, 11) is 0. The standard InChI is InChI=1S/C42H51N3O5/c1-6-8-9-10-11-24-50-36-22-18-30(19-23-36)34-27-43-39(44-28-34)32-14-12-29(13-15-32)25-33(40(47)45-37(7-2)41(48)49)26-38(46)31-16-20-35(21-17-31)42(3,4)5/h12-23,27-28,33,37H,6-11,24-26H2,1-5H3,(H,45,47)(H,48,49)/t33-,37?/m1/s1. The van der Waals surface area contributed by atoms with Crippen molar-refractivity contribution in [2.24, 2.45) is 5.92 Å². The number of hydrogen-bond donors (Lipinski definition) is 2. The van der Waals surface area contributed by atoms with Crippen molar-refractivity contribution in [2.75, 3.05) is 6.61 Å². The van der Waals surface area contributed by atoms with Gasteiger partial charge in [0.15, 0.2) is 11.6 Å². The molecule has 1 heterocycles. The second kappa shape index (κ2) is 18.2. The number of carbonyl (C=O) groups excluding carboxylic acids is 2. The molecule has 4 aromatic rings. The minimum Gasteiger partial charge on any atom is -0.494 e. The van der Waals surface area contributed by atoms with Gasteiger partial charge in [0, 0.05) is 41.4 Å². The van der Waals surface area contributed by atoms with E-state index in [-0.39, 0.29) is 30.5 Å². The summed E-state index contributed by atoms with van der Waals surface area (Å²) >= 11 is 0. The largest absolute Gasteiger partial charge is 0.494 e. The van der Waals surface area contributed by atoms with Crippen LogP contribution in [0.5, 0.6) is 5.75 Å². The van der Waals surface area contributed by atoms with Gasteiger partial charge in [-0.25, -0.2) is 14.8 Å². The molecule has 0 aliphatic heterocycles. The molecular formula is C42H51N3O5. The minimum absolute atomic E-state index is 0.0464. The third-order valence-corrected chi connectivity index (χ3v) is 8.95. The van der Waals surface area contributed by atoms with Gasteiger partial charge in [0.25, 0.3) is 0 Å². The maximum absolute atomic E-state index is 13.4. The summed E-state index contributed by atoms with van der Waals surface area (Å²) in [6.07, 6.45) is 10.1. The molecule has 1 unspecified atom stereocenters. The number of amides is 1. The molecule has 0 radical (unpaired) electrons. The fourth-order valence-electron chi connectivity index (χ4n) is 5.72. The number of ether oxygens (including phenoxy) is 1. The quantitative estimate of drug-likeness (QED) is 0.0798. The normalized spacial score (nSPS) is 12.6. The predicted octanol–water partition coefficient (Wildman–Crippen LogP) is 8.87. The van der Waals surface area contributed by atoms with Gasteiger partial charge in [0.05, 0.1) is 6.61 Å². The molecule has 264 valence electrons. The molecule has 1 amide bonds. The lowest BCUT2D eigenvalue weighted by Gasteiger charge is -2.21. The maximum Gasteiger partial charge on any atom is 0.326 e. The third-order valence-electron chi connectivity index (χ3n) is 8.95. The van der Waals surface area contributed by atoms with Crippen LogP contribution in [0.1, 0.15) is 101 Å². The van der Waals surface area contributed by atoms with E-state index in [2.05, 4.69) is 43.0 Å².